The van der Waals surface area contributed by atoms with Crippen LogP contribution in [0.25, 0.3) is 0 Å². The highest BCUT2D eigenvalue weighted by Gasteiger charge is 2.27. The Labute approximate surface area is 134 Å². The number of hydrogen-bond acceptors (Lipinski definition) is 6. The van der Waals surface area contributed by atoms with Crippen molar-refractivity contribution in [2.75, 3.05) is 21.0 Å². The molecule has 0 saturated carbocycles. The molecular weight excluding hydrogens is 300 g/mol. The van der Waals surface area contributed by atoms with Gasteiger partial charge in [-0.05, 0) is 23.8 Å². The summed E-state index contributed by atoms with van der Waals surface area (Å²) in [4.78, 5) is 0. The number of hydrogen-bond donors (Lipinski definition) is 3. The minimum Gasteiger partial charge on any atom is -0.504 e. The van der Waals surface area contributed by atoms with Gasteiger partial charge in [0.05, 0.1) is 14.2 Å². The summed E-state index contributed by atoms with van der Waals surface area (Å²) in [5.41, 5.74) is 1.08. The van der Waals surface area contributed by atoms with Gasteiger partial charge in [0.25, 0.3) is 0 Å². The van der Waals surface area contributed by atoms with Crippen LogP contribution in [-0.2, 0) is 4.74 Å². The van der Waals surface area contributed by atoms with Gasteiger partial charge in [-0.2, -0.15) is 0 Å². The molecule has 2 aromatic carbocycles. The molecule has 2 unspecified atom stereocenters. The van der Waals surface area contributed by atoms with E-state index in [9.17, 15) is 10.2 Å². The molecule has 0 aliphatic carbocycles. The predicted octanol–water partition coefficient (Wildman–Crippen LogP) is 2.15. The van der Waals surface area contributed by atoms with Crippen LogP contribution in [0.5, 0.6) is 17.2 Å². The first-order chi connectivity index (χ1) is 11.1. The van der Waals surface area contributed by atoms with Gasteiger partial charge in [0, 0.05) is 5.56 Å². The third-order valence-corrected chi connectivity index (χ3v) is 3.53. The van der Waals surface area contributed by atoms with Crippen LogP contribution in [0.15, 0.2) is 42.5 Å². The summed E-state index contributed by atoms with van der Waals surface area (Å²) in [6, 6.07) is 11.6. The number of aliphatic hydroxyl groups excluding tert-OH is 2. The Morgan fingerprint density at radius 3 is 2.35 bits per heavy atom. The highest BCUT2D eigenvalue weighted by molar-refractivity contribution is 5.44. The molecule has 6 nitrogen and oxygen atoms in total. The van der Waals surface area contributed by atoms with Gasteiger partial charge in [-0.15, -0.1) is 0 Å². The van der Waals surface area contributed by atoms with Crippen LogP contribution in [0.2, 0.25) is 0 Å². The summed E-state index contributed by atoms with van der Waals surface area (Å²) in [5.74, 6) is 0.750. The zero-order valence-electron chi connectivity index (χ0n) is 13.0. The average molecular weight is 320 g/mol. The number of para-hydroxylation sites is 1. The molecule has 0 aromatic heterocycles. The summed E-state index contributed by atoms with van der Waals surface area (Å²) >= 11 is 0. The van der Waals surface area contributed by atoms with Crippen molar-refractivity contribution in [3.63, 3.8) is 0 Å². The molecule has 23 heavy (non-hydrogen) atoms. The summed E-state index contributed by atoms with van der Waals surface area (Å²) in [6.07, 6.45) is -1.93. The maximum Gasteiger partial charge on any atom is 0.160 e. The van der Waals surface area contributed by atoms with Gasteiger partial charge in [0.1, 0.15) is 24.8 Å². The normalized spacial score (nSPS) is 13.4. The number of aromatic hydroxyl groups is 1. The van der Waals surface area contributed by atoms with E-state index in [1.807, 2.05) is 0 Å². The van der Waals surface area contributed by atoms with Gasteiger partial charge in [-0.25, -0.2) is 0 Å². The third kappa shape index (κ3) is 3.73. The maximum atomic E-state index is 10.7. The van der Waals surface area contributed by atoms with E-state index in [-0.39, 0.29) is 11.5 Å². The predicted molar refractivity (Wildman–Crippen MR) is 83.5 cm³/mol. The molecule has 0 amide bonds. The van der Waals surface area contributed by atoms with Gasteiger partial charge >= 0.3 is 0 Å². The number of benzene rings is 2. The second-order valence-corrected chi connectivity index (χ2v) is 4.83. The van der Waals surface area contributed by atoms with E-state index in [2.05, 4.69) is 0 Å². The number of rotatable bonds is 7. The van der Waals surface area contributed by atoms with Crippen LogP contribution in [0.3, 0.4) is 0 Å². The minimum absolute atomic E-state index is 0.0274. The first kappa shape index (κ1) is 17.1. The Hall–Kier alpha value is -2.28. The summed E-state index contributed by atoms with van der Waals surface area (Å²) < 4.78 is 15.6. The highest BCUT2D eigenvalue weighted by atomic mass is 16.6. The molecule has 3 N–H and O–H groups in total. The van der Waals surface area contributed by atoms with Crippen molar-refractivity contribution in [3.05, 3.63) is 53.6 Å². The Morgan fingerprint density at radius 2 is 1.70 bits per heavy atom. The molecule has 0 heterocycles. The van der Waals surface area contributed by atoms with Gasteiger partial charge in [-0.1, -0.05) is 24.3 Å². The van der Waals surface area contributed by atoms with Crippen LogP contribution >= 0.6 is 0 Å². The van der Waals surface area contributed by atoms with Crippen molar-refractivity contribution in [3.8, 4) is 17.2 Å². The minimum atomic E-state index is -1.09. The van der Waals surface area contributed by atoms with Crippen LogP contribution < -0.4 is 9.47 Å². The second-order valence-electron chi connectivity index (χ2n) is 4.83. The molecular formula is C17H20O6. The molecule has 0 aliphatic rings. The van der Waals surface area contributed by atoms with Gasteiger partial charge < -0.3 is 29.5 Å². The molecule has 0 radical (unpaired) electrons. The summed E-state index contributed by atoms with van der Waals surface area (Å²) in [6.45, 7) is -0.561. The Morgan fingerprint density at radius 1 is 1.00 bits per heavy atom. The fourth-order valence-corrected chi connectivity index (χ4v) is 2.39. The van der Waals surface area contributed by atoms with Crippen LogP contribution in [0, 0.1) is 0 Å². The molecule has 2 atom stereocenters. The fourth-order valence-electron chi connectivity index (χ4n) is 2.39. The van der Waals surface area contributed by atoms with Gasteiger partial charge in [-0.3, -0.25) is 0 Å². The topological polar surface area (TPSA) is 88.4 Å². The first-order valence-corrected chi connectivity index (χ1v) is 7.02. The highest BCUT2D eigenvalue weighted by Crippen LogP contribution is 2.39. The smallest absolute Gasteiger partial charge is 0.160 e. The van der Waals surface area contributed by atoms with E-state index >= 15 is 0 Å². The zero-order chi connectivity index (χ0) is 16.8. The standard InChI is InChI=1S/C17H20O6/c1-21-14-6-4-3-5-12(14)17(23-10-18)16(20)11-7-8-13(19)15(9-11)22-2/h3-9,16-20H,10H2,1-2H3. The fraction of sp³-hybridized carbons (Fsp3) is 0.294. The number of phenolic OH excluding ortho intramolecular Hbond substituents is 1. The molecule has 0 bridgehead atoms. The van der Waals surface area contributed by atoms with E-state index in [0.29, 0.717) is 16.9 Å². The van der Waals surface area contributed by atoms with Crippen LogP contribution in [0.1, 0.15) is 23.3 Å². The van der Waals surface area contributed by atoms with E-state index in [0.717, 1.165) is 0 Å². The van der Waals surface area contributed by atoms with E-state index in [4.69, 9.17) is 19.3 Å². The molecule has 0 aliphatic heterocycles. The quantitative estimate of drug-likeness (QED) is 0.678. The van der Waals surface area contributed by atoms with E-state index in [1.165, 1.54) is 26.4 Å². The summed E-state index contributed by atoms with van der Waals surface area (Å²) in [7, 11) is 2.94. The van der Waals surface area contributed by atoms with Crippen molar-refractivity contribution in [2.45, 2.75) is 12.2 Å². The summed E-state index contributed by atoms with van der Waals surface area (Å²) in [5, 5.41) is 29.5. The van der Waals surface area contributed by atoms with Crippen molar-refractivity contribution < 1.29 is 29.5 Å². The lowest BCUT2D eigenvalue weighted by atomic mass is 9.97. The lowest BCUT2D eigenvalue weighted by molar-refractivity contribution is -0.103. The van der Waals surface area contributed by atoms with E-state index in [1.54, 1.807) is 30.3 Å². The molecule has 0 fully saturated rings. The first-order valence-electron chi connectivity index (χ1n) is 7.02. The maximum absolute atomic E-state index is 10.7. The largest absolute Gasteiger partial charge is 0.504 e. The molecule has 2 rings (SSSR count). The Bertz CT molecular complexity index is 643. The van der Waals surface area contributed by atoms with Crippen molar-refractivity contribution in [2.24, 2.45) is 0 Å². The molecule has 0 saturated heterocycles. The molecule has 124 valence electrons. The van der Waals surface area contributed by atoms with Crippen molar-refractivity contribution in [1.82, 2.24) is 0 Å². The Kier molecular flexibility index (Phi) is 5.81. The van der Waals surface area contributed by atoms with Crippen LogP contribution in [0.4, 0.5) is 0 Å². The number of ether oxygens (including phenoxy) is 3. The van der Waals surface area contributed by atoms with Crippen LogP contribution in [-0.4, -0.2) is 36.3 Å². The van der Waals surface area contributed by atoms with Gasteiger partial charge in [0.15, 0.2) is 11.5 Å². The van der Waals surface area contributed by atoms with Gasteiger partial charge in [0.2, 0.25) is 0 Å². The Balaban J connectivity index is 2.40. The monoisotopic (exact) mass is 320 g/mol. The SMILES string of the molecule is COc1cc(C(O)C(OCO)c2ccccc2OC)ccc1O. The zero-order valence-corrected chi connectivity index (χ0v) is 13.0. The number of methoxy groups -OCH3 is 2. The number of aliphatic hydroxyl groups is 2. The number of phenols is 1. The van der Waals surface area contributed by atoms with Crippen molar-refractivity contribution in [1.29, 1.82) is 0 Å². The average Bonchev–Trinajstić information content (AvgIpc) is 2.59. The second kappa shape index (κ2) is 7.82. The molecule has 6 heteroatoms. The van der Waals surface area contributed by atoms with Crippen molar-refractivity contribution >= 4 is 0 Å². The van der Waals surface area contributed by atoms with E-state index < -0.39 is 19.0 Å². The molecule has 2 aromatic rings. The molecule has 0 spiro atoms. The lowest BCUT2D eigenvalue weighted by Gasteiger charge is -2.25. The lowest BCUT2D eigenvalue weighted by Crippen LogP contribution is -2.16. The third-order valence-electron chi connectivity index (χ3n) is 3.53.